The number of fused-ring (bicyclic) bond motifs is 1. The first-order valence-corrected chi connectivity index (χ1v) is 11.6. The van der Waals surface area contributed by atoms with Gasteiger partial charge in [0, 0.05) is 49.8 Å². The Bertz CT molecular complexity index is 819. The maximum absolute atomic E-state index is 12.8. The summed E-state index contributed by atoms with van der Waals surface area (Å²) in [7, 11) is 1.70. The van der Waals surface area contributed by atoms with Crippen molar-refractivity contribution in [2.45, 2.75) is 65.5 Å². The lowest BCUT2D eigenvalue weighted by atomic mass is 10.0. The van der Waals surface area contributed by atoms with Gasteiger partial charge in [0.15, 0.2) is 5.78 Å². The maximum Gasteiger partial charge on any atom is 0.165 e. The first-order chi connectivity index (χ1) is 14.5. The van der Waals surface area contributed by atoms with Crippen LogP contribution in [0.2, 0.25) is 0 Å². The molecule has 1 aliphatic heterocycles. The predicted octanol–water partition coefficient (Wildman–Crippen LogP) is 5.16. The first kappa shape index (κ1) is 22.8. The molecule has 5 nitrogen and oxygen atoms in total. The highest BCUT2D eigenvalue weighted by Gasteiger charge is 2.21. The molecule has 0 amide bonds. The minimum Gasteiger partial charge on any atom is -0.495 e. The van der Waals surface area contributed by atoms with Gasteiger partial charge in [0.2, 0.25) is 0 Å². The molecule has 0 atom stereocenters. The molecule has 5 heteroatoms. The van der Waals surface area contributed by atoms with Crippen molar-refractivity contribution in [1.29, 1.82) is 0 Å². The predicted molar refractivity (Wildman–Crippen MR) is 123 cm³/mol. The third-order valence-electron chi connectivity index (χ3n) is 5.94. The molecular formula is C25H38N2O3. The van der Waals surface area contributed by atoms with E-state index in [2.05, 4.69) is 30.2 Å². The number of ether oxygens (including phenoxy) is 2. The SMILES string of the molecule is CCCOC1CCN(CCCn2cc(C(=O)CC(C)C)c3cccc(OC)c32)CC1. The van der Waals surface area contributed by atoms with Crippen LogP contribution in [0.25, 0.3) is 10.9 Å². The van der Waals surface area contributed by atoms with E-state index in [1.54, 1.807) is 7.11 Å². The fraction of sp³-hybridized carbons (Fsp3) is 0.640. The first-order valence-electron chi connectivity index (χ1n) is 11.6. The number of para-hydroxylation sites is 1. The van der Waals surface area contributed by atoms with Crippen molar-refractivity contribution in [2.24, 2.45) is 5.92 Å². The summed E-state index contributed by atoms with van der Waals surface area (Å²) in [5.41, 5.74) is 1.87. The highest BCUT2D eigenvalue weighted by molar-refractivity contribution is 6.09. The molecule has 1 aliphatic rings. The highest BCUT2D eigenvalue weighted by Crippen LogP contribution is 2.31. The van der Waals surface area contributed by atoms with E-state index in [1.165, 1.54) is 0 Å². The lowest BCUT2D eigenvalue weighted by Gasteiger charge is -2.31. The monoisotopic (exact) mass is 414 g/mol. The third-order valence-corrected chi connectivity index (χ3v) is 5.94. The van der Waals surface area contributed by atoms with E-state index < -0.39 is 0 Å². The minimum atomic E-state index is 0.219. The normalized spacial score (nSPS) is 15.9. The lowest BCUT2D eigenvalue weighted by molar-refractivity contribution is 0.00758. The van der Waals surface area contributed by atoms with Crippen molar-refractivity contribution >= 4 is 16.7 Å². The Morgan fingerprint density at radius 2 is 1.97 bits per heavy atom. The number of hydrogen-bond acceptors (Lipinski definition) is 4. The molecule has 3 rings (SSSR count). The molecule has 2 heterocycles. The van der Waals surface area contributed by atoms with Crippen LogP contribution < -0.4 is 4.74 Å². The molecule has 1 fully saturated rings. The van der Waals surface area contributed by atoms with Crippen molar-refractivity contribution < 1.29 is 14.3 Å². The molecule has 0 aliphatic carbocycles. The molecule has 0 saturated carbocycles. The van der Waals surface area contributed by atoms with E-state index in [4.69, 9.17) is 9.47 Å². The molecule has 2 aromatic rings. The van der Waals surface area contributed by atoms with Crippen molar-refractivity contribution in [3.05, 3.63) is 30.0 Å². The Morgan fingerprint density at radius 3 is 2.63 bits per heavy atom. The molecule has 0 unspecified atom stereocenters. The van der Waals surface area contributed by atoms with E-state index in [9.17, 15) is 4.79 Å². The number of carbonyl (C=O) groups is 1. The summed E-state index contributed by atoms with van der Waals surface area (Å²) >= 11 is 0. The van der Waals surface area contributed by atoms with E-state index in [0.29, 0.717) is 18.4 Å². The lowest BCUT2D eigenvalue weighted by Crippen LogP contribution is -2.37. The zero-order valence-electron chi connectivity index (χ0n) is 19.2. The zero-order valence-corrected chi connectivity index (χ0v) is 19.2. The molecule has 30 heavy (non-hydrogen) atoms. The second kappa shape index (κ2) is 11.0. The molecule has 1 saturated heterocycles. The molecule has 0 spiro atoms. The quantitative estimate of drug-likeness (QED) is 0.476. The van der Waals surface area contributed by atoms with Crippen molar-refractivity contribution in [2.75, 3.05) is 33.4 Å². The van der Waals surface area contributed by atoms with Crippen LogP contribution in [0.1, 0.15) is 63.2 Å². The number of ketones is 1. The van der Waals surface area contributed by atoms with Gasteiger partial charge in [-0.2, -0.15) is 0 Å². The van der Waals surface area contributed by atoms with Crippen LogP contribution in [-0.2, 0) is 11.3 Å². The molecule has 1 aromatic heterocycles. The topological polar surface area (TPSA) is 43.7 Å². The van der Waals surface area contributed by atoms with Gasteiger partial charge >= 0.3 is 0 Å². The number of piperidine rings is 1. The summed E-state index contributed by atoms with van der Waals surface area (Å²) in [6.07, 6.45) is 7.47. The number of aryl methyl sites for hydroxylation is 1. The Labute approximate surface area is 181 Å². The fourth-order valence-electron chi connectivity index (χ4n) is 4.42. The molecular weight excluding hydrogens is 376 g/mol. The van der Waals surface area contributed by atoms with Gasteiger partial charge in [0.1, 0.15) is 5.75 Å². The summed E-state index contributed by atoms with van der Waals surface area (Å²) in [5.74, 6) is 1.41. The second-order valence-electron chi connectivity index (χ2n) is 8.88. The largest absolute Gasteiger partial charge is 0.495 e. The smallest absolute Gasteiger partial charge is 0.165 e. The Morgan fingerprint density at radius 1 is 1.20 bits per heavy atom. The zero-order chi connectivity index (χ0) is 21.5. The summed E-state index contributed by atoms with van der Waals surface area (Å²) in [4.78, 5) is 15.4. The Kier molecular flexibility index (Phi) is 8.34. The summed E-state index contributed by atoms with van der Waals surface area (Å²) in [6.45, 7) is 11.4. The second-order valence-corrected chi connectivity index (χ2v) is 8.88. The maximum atomic E-state index is 12.8. The van der Waals surface area contributed by atoms with Crippen LogP contribution in [0.3, 0.4) is 0 Å². The average molecular weight is 415 g/mol. The van der Waals surface area contributed by atoms with Gasteiger partial charge in [0.25, 0.3) is 0 Å². The molecule has 0 bridgehead atoms. The number of methoxy groups -OCH3 is 1. The molecule has 166 valence electrons. The highest BCUT2D eigenvalue weighted by atomic mass is 16.5. The van der Waals surface area contributed by atoms with Gasteiger partial charge < -0.3 is 18.9 Å². The van der Waals surface area contributed by atoms with Crippen LogP contribution in [-0.4, -0.2) is 54.7 Å². The number of aromatic nitrogens is 1. The third kappa shape index (κ3) is 5.64. The van der Waals surface area contributed by atoms with Gasteiger partial charge in [-0.1, -0.05) is 32.9 Å². The number of hydrogen-bond donors (Lipinski definition) is 0. The van der Waals surface area contributed by atoms with Gasteiger partial charge in [-0.05, 0) is 44.2 Å². The summed E-state index contributed by atoms with van der Waals surface area (Å²) in [6, 6.07) is 6.00. The Hall–Kier alpha value is -1.85. The summed E-state index contributed by atoms with van der Waals surface area (Å²) in [5, 5.41) is 1.01. The van der Waals surface area contributed by atoms with Gasteiger partial charge in [-0.3, -0.25) is 4.79 Å². The van der Waals surface area contributed by atoms with Gasteiger partial charge in [0.05, 0.1) is 18.7 Å². The standard InChI is InChI=1S/C25H38N2O3/c1-5-16-30-20-10-14-26(15-11-20)12-7-13-27-18-22(23(28)17-19(2)3)21-8-6-9-24(29-4)25(21)27/h6,8-9,18-20H,5,7,10-17H2,1-4H3. The molecule has 0 radical (unpaired) electrons. The fourth-order valence-corrected chi connectivity index (χ4v) is 4.42. The number of carbonyl (C=O) groups excluding carboxylic acids is 1. The number of Topliss-reactive ketones (excluding diaryl/α,β-unsaturated/α-hetero) is 1. The number of benzene rings is 1. The Balaban J connectivity index is 1.65. The van der Waals surface area contributed by atoms with Gasteiger partial charge in [-0.15, -0.1) is 0 Å². The van der Waals surface area contributed by atoms with Crippen LogP contribution in [0.5, 0.6) is 5.75 Å². The van der Waals surface area contributed by atoms with Crippen LogP contribution in [0.15, 0.2) is 24.4 Å². The van der Waals surface area contributed by atoms with E-state index in [-0.39, 0.29) is 5.78 Å². The number of likely N-dealkylation sites (tertiary alicyclic amines) is 1. The molecule has 1 aromatic carbocycles. The van der Waals surface area contributed by atoms with Crippen molar-refractivity contribution in [3.8, 4) is 5.75 Å². The van der Waals surface area contributed by atoms with Crippen molar-refractivity contribution in [3.63, 3.8) is 0 Å². The average Bonchev–Trinajstić information content (AvgIpc) is 3.12. The van der Waals surface area contributed by atoms with Crippen LogP contribution in [0.4, 0.5) is 0 Å². The number of nitrogens with zero attached hydrogens (tertiary/aromatic N) is 2. The van der Waals surface area contributed by atoms with E-state index >= 15 is 0 Å². The number of rotatable bonds is 11. The van der Waals surface area contributed by atoms with Gasteiger partial charge in [-0.25, -0.2) is 0 Å². The minimum absolute atomic E-state index is 0.219. The van der Waals surface area contributed by atoms with Crippen molar-refractivity contribution in [1.82, 2.24) is 9.47 Å². The summed E-state index contributed by atoms with van der Waals surface area (Å²) < 4.78 is 13.8. The van der Waals surface area contributed by atoms with Crippen LogP contribution in [0, 0.1) is 5.92 Å². The van der Waals surface area contributed by atoms with E-state index in [1.807, 2.05) is 24.4 Å². The molecule has 0 N–H and O–H groups in total. The van der Waals surface area contributed by atoms with E-state index in [0.717, 1.165) is 80.7 Å². The van der Waals surface area contributed by atoms with Crippen LogP contribution >= 0.6 is 0 Å².